The van der Waals surface area contributed by atoms with Gasteiger partial charge >= 0.3 is 0 Å². The Morgan fingerprint density at radius 1 is 1.22 bits per heavy atom. The number of aromatic nitrogens is 1. The molecular formula is C12H9ClFN3O. The van der Waals surface area contributed by atoms with Crippen LogP contribution < -0.4 is 10.5 Å². The fourth-order valence-electron chi connectivity index (χ4n) is 1.24. The van der Waals surface area contributed by atoms with Crippen molar-refractivity contribution in [1.82, 2.24) is 4.98 Å². The van der Waals surface area contributed by atoms with E-state index < -0.39 is 5.82 Å². The van der Waals surface area contributed by atoms with Gasteiger partial charge in [-0.2, -0.15) is 5.26 Å². The number of nitrogens with two attached hydrogens (primary N) is 1. The van der Waals surface area contributed by atoms with Gasteiger partial charge in [0.1, 0.15) is 29.1 Å². The van der Waals surface area contributed by atoms with Crippen LogP contribution in [0.3, 0.4) is 0 Å². The summed E-state index contributed by atoms with van der Waals surface area (Å²) in [5.74, 6) is 0.185. The first-order valence-electron chi connectivity index (χ1n) is 4.78. The van der Waals surface area contributed by atoms with E-state index >= 15 is 0 Å². The van der Waals surface area contributed by atoms with Crippen LogP contribution in [-0.2, 0) is 0 Å². The molecule has 0 atom stereocenters. The van der Waals surface area contributed by atoms with Crippen LogP contribution in [0.25, 0.3) is 0 Å². The van der Waals surface area contributed by atoms with E-state index in [1.165, 1.54) is 24.4 Å². The lowest BCUT2D eigenvalue weighted by atomic mass is 10.3. The summed E-state index contributed by atoms with van der Waals surface area (Å²) >= 11 is 0. The highest BCUT2D eigenvalue weighted by molar-refractivity contribution is 5.85. The van der Waals surface area contributed by atoms with Crippen LogP contribution in [0.15, 0.2) is 36.5 Å². The molecule has 4 nitrogen and oxygen atoms in total. The third-order valence-electron chi connectivity index (χ3n) is 2.05. The average Bonchev–Trinajstić information content (AvgIpc) is 2.34. The number of hydrogen-bond donors (Lipinski definition) is 1. The largest absolute Gasteiger partial charge is 0.457 e. The van der Waals surface area contributed by atoms with Crippen LogP contribution in [0, 0.1) is 17.1 Å². The molecule has 1 aromatic heterocycles. The lowest BCUT2D eigenvalue weighted by Crippen LogP contribution is -1.92. The molecule has 92 valence electrons. The topological polar surface area (TPSA) is 71.9 Å². The first-order valence-corrected chi connectivity index (χ1v) is 4.78. The van der Waals surface area contributed by atoms with Crippen LogP contribution in [0.4, 0.5) is 10.1 Å². The van der Waals surface area contributed by atoms with Crippen molar-refractivity contribution in [2.24, 2.45) is 0 Å². The predicted octanol–water partition coefficient (Wildman–Crippen LogP) is 2.89. The summed E-state index contributed by atoms with van der Waals surface area (Å²) in [6.45, 7) is 0. The van der Waals surface area contributed by atoms with E-state index in [-0.39, 0.29) is 23.8 Å². The van der Waals surface area contributed by atoms with Crippen LogP contribution in [0.2, 0.25) is 0 Å². The molecule has 0 saturated carbocycles. The second kappa shape index (κ2) is 5.84. The number of hydrogen-bond acceptors (Lipinski definition) is 4. The average molecular weight is 266 g/mol. The molecule has 0 aliphatic heterocycles. The van der Waals surface area contributed by atoms with Gasteiger partial charge in [0.2, 0.25) is 0 Å². The van der Waals surface area contributed by atoms with Crippen molar-refractivity contribution in [3.8, 4) is 17.6 Å². The second-order valence-electron chi connectivity index (χ2n) is 3.27. The van der Waals surface area contributed by atoms with Crippen LogP contribution in [0.5, 0.6) is 11.5 Å². The fraction of sp³-hybridized carbons (Fsp3) is 0. The normalized spacial score (nSPS) is 9.11. The number of anilines is 1. The zero-order valence-electron chi connectivity index (χ0n) is 9.13. The molecule has 0 aliphatic rings. The van der Waals surface area contributed by atoms with Crippen LogP contribution in [-0.4, -0.2) is 4.98 Å². The van der Waals surface area contributed by atoms with E-state index in [4.69, 9.17) is 15.7 Å². The second-order valence-corrected chi connectivity index (χ2v) is 3.27. The molecule has 0 saturated heterocycles. The lowest BCUT2D eigenvalue weighted by molar-refractivity contribution is 0.476. The Balaban J connectivity index is 0.00000162. The smallest absolute Gasteiger partial charge is 0.149 e. The van der Waals surface area contributed by atoms with Gasteiger partial charge in [0, 0.05) is 18.3 Å². The number of nitriles is 1. The molecule has 0 aliphatic carbocycles. The molecule has 2 aromatic rings. The van der Waals surface area contributed by atoms with Crippen molar-refractivity contribution in [2.75, 3.05) is 5.73 Å². The Bertz CT molecular complexity index is 598. The first kappa shape index (κ1) is 13.7. The maximum Gasteiger partial charge on any atom is 0.149 e. The van der Waals surface area contributed by atoms with Gasteiger partial charge in [-0.1, -0.05) is 0 Å². The number of nitrogens with zero attached hydrogens (tertiary/aromatic N) is 2. The van der Waals surface area contributed by atoms with Gasteiger partial charge in [-0.3, -0.25) is 0 Å². The Kier molecular flexibility index (Phi) is 4.46. The van der Waals surface area contributed by atoms with E-state index in [2.05, 4.69) is 4.98 Å². The van der Waals surface area contributed by atoms with Crippen LogP contribution in [0.1, 0.15) is 5.69 Å². The van der Waals surface area contributed by atoms with Crippen molar-refractivity contribution in [3.05, 3.63) is 48.0 Å². The van der Waals surface area contributed by atoms with Gasteiger partial charge in [0.25, 0.3) is 0 Å². The number of pyridine rings is 1. The van der Waals surface area contributed by atoms with Gasteiger partial charge in [0.15, 0.2) is 0 Å². The summed E-state index contributed by atoms with van der Waals surface area (Å²) in [5.41, 5.74) is 5.64. The number of nitrogen functional groups attached to an aromatic ring is 1. The van der Waals surface area contributed by atoms with Gasteiger partial charge in [-0.15, -0.1) is 12.4 Å². The Morgan fingerprint density at radius 3 is 2.61 bits per heavy atom. The highest BCUT2D eigenvalue weighted by Crippen LogP contribution is 2.24. The minimum absolute atomic E-state index is 0. The van der Waals surface area contributed by atoms with Gasteiger partial charge in [0.05, 0.1) is 5.69 Å². The summed E-state index contributed by atoms with van der Waals surface area (Å²) in [6.07, 6.45) is 1.45. The number of benzene rings is 1. The van der Waals surface area contributed by atoms with Gasteiger partial charge in [-0.25, -0.2) is 9.37 Å². The van der Waals surface area contributed by atoms with E-state index in [0.29, 0.717) is 11.5 Å². The summed E-state index contributed by atoms with van der Waals surface area (Å²) in [7, 11) is 0. The zero-order chi connectivity index (χ0) is 12.3. The highest BCUT2D eigenvalue weighted by atomic mass is 35.5. The number of rotatable bonds is 2. The van der Waals surface area contributed by atoms with Crippen molar-refractivity contribution in [3.63, 3.8) is 0 Å². The number of halogens is 2. The van der Waals surface area contributed by atoms with Crippen molar-refractivity contribution >= 4 is 18.1 Å². The van der Waals surface area contributed by atoms with E-state index in [9.17, 15) is 4.39 Å². The van der Waals surface area contributed by atoms with Crippen molar-refractivity contribution in [1.29, 1.82) is 5.26 Å². The first-order chi connectivity index (χ1) is 8.19. The molecule has 0 fully saturated rings. The minimum Gasteiger partial charge on any atom is -0.457 e. The van der Waals surface area contributed by atoms with E-state index in [1.807, 2.05) is 6.07 Å². The Morgan fingerprint density at radius 2 is 1.94 bits per heavy atom. The Hall–Kier alpha value is -2.32. The standard InChI is InChI=1S/C12H8FN3O.ClH/c13-11-6-9(1-2-12(11)15)17-10-3-4-16-8(5-10)7-14;/h1-6H,15H2;1H. The van der Waals surface area contributed by atoms with Crippen molar-refractivity contribution < 1.29 is 9.13 Å². The molecule has 0 spiro atoms. The maximum absolute atomic E-state index is 13.2. The lowest BCUT2D eigenvalue weighted by Gasteiger charge is -2.06. The molecule has 0 bridgehead atoms. The SMILES string of the molecule is Cl.N#Cc1cc(Oc2ccc(N)c(F)c2)ccn1. The molecular weight excluding hydrogens is 257 g/mol. The summed E-state index contributed by atoms with van der Waals surface area (Å²) in [6, 6.07) is 9.08. The molecule has 0 radical (unpaired) electrons. The molecule has 1 aromatic carbocycles. The monoisotopic (exact) mass is 265 g/mol. The molecule has 6 heteroatoms. The molecule has 0 unspecified atom stereocenters. The highest BCUT2D eigenvalue weighted by Gasteiger charge is 2.03. The molecule has 0 amide bonds. The zero-order valence-corrected chi connectivity index (χ0v) is 9.95. The number of ether oxygens (including phenoxy) is 1. The third-order valence-corrected chi connectivity index (χ3v) is 2.05. The van der Waals surface area contributed by atoms with E-state index in [0.717, 1.165) is 0 Å². The van der Waals surface area contributed by atoms with Crippen molar-refractivity contribution in [2.45, 2.75) is 0 Å². The van der Waals surface area contributed by atoms with Gasteiger partial charge < -0.3 is 10.5 Å². The fourth-order valence-corrected chi connectivity index (χ4v) is 1.24. The van der Waals surface area contributed by atoms with E-state index in [1.54, 1.807) is 12.1 Å². The summed E-state index contributed by atoms with van der Waals surface area (Å²) in [5, 5.41) is 8.66. The third kappa shape index (κ3) is 3.09. The summed E-state index contributed by atoms with van der Waals surface area (Å²) in [4.78, 5) is 3.80. The van der Waals surface area contributed by atoms with Crippen LogP contribution >= 0.6 is 12.4 Å². The Labute approximate surface area is 109 Å². The summed E-state index contributed by atoms with van der Waals surface area (Å²) < 4.78 is 18.5. The maximum atomic E-state index is 13.2. The van der Waals surface area contributed by atoms with Gasteiger partial charge in [-0.05, 0) is 18.2 Å². The molecule has 18 heavy (non-hydrogen) atoms. The molecule has 2 N–H and O–H groups in total. The predicted molar refractivity (Wildman–Crippen MR) is 67.1 cm³/mol. The molecule has 2 rings (SSSR count). The quantitative estimate of drug-likeness (QED) is 0.848. The molecule has 1 heterocycles. The minimum atomic E-state index is -0.544.